The van der Waals surface area contributed by atoms with E-state index in [4.69, 9.17) is 39.5 Å². The Morgan fingerprint density at radius 1 is 0.927 bits per heavy atom. The van der Waals surface area contributed by atoms with Crippen molar-refractivity contribution in [1.82, 2.24) is 10.2 Å². The molecule has 12 heteroatoms. The highest BCUT2D eigenvalue weighted by Gasteiger charge is 2.34. The van der Waals surface area contributed by atoms with E-state index in [1.54, 1.807) is 56.3 Å². The number of halogens is 3. The largest absolute Gasteiger partial charge is 0.492 e. The van der Waals surface area contributed by atoms with Crippen LogP contribution in [0.25, 0.3) is 0 Å². The molecule has 0 spiro atoms. The molecule has 3 rings (SSSR count). The molecule has 8 nitrogen and oxygen atoms in total. The maximum absolute atomic E-state index is 14.1. The number of carbonyl (C=O) groups excluding carboxylic acids is 2. The fourth-order valence-corrected chi connectivity index (χ4v) is 6.09. The third-order valence-corrected chi connectivity index (χ3v) is 8.96. The van der Waals surface area contributed by atoms with Gasteiger partial charge in [0.2, 0.25) is 11.8 Å². The molecule has 3 aromatic rings. The fraction of sp³-hybridized carbons (Fsp3) is 0.310. The van der Waals surface area contributed by atoms with E-state index in [9.17, 15) is 18.0 Å². The quantitative estimate of drug-likeness (QED) is 0.241. The van der Waals surface area contributed by atoms with Gasteiger partial charge < -0.3 is 15.0 Å². The average molecular weight is 641 g/mol. The molecule has 0 radical (unpaired) electrons. The monoisotopic (exact) mass is 639 g/mol. The first-order valence-corrected chi connectivity index (χ1v) is 15.6. The van der Waals surface area contributed by atoms with Gasteiger partial charge in [0.15, 0.2) is 0 Å². The average Bonchev–Trinajstić information content (AvgIpc) is 2.95. The summed E-state index contributed by atoms with van der Waals surface area (Å²) in [4.78, 5) is 28.3. The second-order valence-corrected chi connectivity index (χ2v) is 12.2. The molecule has 1 unspecified atom stereocenters. The first kappa shape index (κ1) is 32.5. The van der Waals surface area contributed by atoms with E-state index in [0.29, 0.717) is 33.6 Å². The molecule has 0 fully saturated rings. The minimum atomic E-state index is -4.30. The molecule has 220 valence electrons. The second kappa shape index (κ2) is 14.8. The van der Waals surface area contributed by atoms with Crippen molar-refractivity contribution >= 4 is 62.3 Å². The van der Waals surface area contributed by atoms with Crippen molar-refractivity contribution in [3.8, 4) is 5.75 Å². The number of nitrogens with one attached hydrogen (secondary N) is 1. The number of benzene rings is 3. The Bertz CT molecular complexity index is 1450. The SMILES string of the molecule is CCCNC(=O)C(C)N(Cc1c(Cl)cccc1Cl)C(=O)CN(c1ccccc1OCC)S(=O)(=O)c1ccc(Cl)cc1. The Hall–Kier alpha value is -2.98. The lowest BCUT2D eigenvalue weighted by Gasteiger charge is -2.32. The molecule has 0 aromatic heterocycles. The molecule has 0 heterocycles. The van der Waals surface area contributed by atoms with Gasteiger partial charge in [-0.3, -0.25) is 13.9 Å². The summed E-state index contributed by atoms with van der Waals surface area (Å²) in [6.45, 7) is 5.17. The van der Waals surface area contributed by atoms with Crippen LogP contribution in [-0.2, 0) is 26.2 Å². The van der Waals surface area contributed by atoms with Crippen LogP contribution in [0.3, 0.4) is 0 Å². The molecule has 1 N–H and O–H groups in total. The highest BCUT2D eigenvalue weighted by molar-refractivity contribution is 7.92. The van der Waals surface area contributed by atoms with E-state index in [-0.39, 0.29) is 29.5 Å². The zero-order chi connectivity index (χ0) is 30.2. The summed E-state index contributed by atoms with van der Waals surface area (Å²) in [6.07, 6.45) is 0.698. The van der Waals surface area contributed by atoms with Gasteiger partial charge in [0.1, 0.15) is 18.3 Å². The van der Waals surface area contributed by atoms with Crippen molar-refractivity contribution in [3.63, 3.8) is 0 Å². The van der Waals surface area contributed by atoms with Gasteiger partial charge in [0.05, 0.1) is 17.2 Å². The van der Waals surface area contributed by atoms with E-state index in [1.165, 1.54) is 29.2 Å². The lowest BCUT2D eigenvalue weighted by Crippen LogP contribution is -2.51. The number of ether oxygens (including phenoxy) is 1. The van der Waals surface area contributed by atoms with Gasteiger partial charge in [-0.05, 0) is 68.8 Å². The Balaban J connectivity index is 2.11. The standard InChI is InChI=1S/C29H32Cl3N3O5S/c1-4-17-33-29(37)20(3)34(18-23-24(31)9-8-10-25(23)32)28(36)19-35(26-11-6-7-12-27(26)40-5-2)41(38,39)22-15-13-21(30)14-16-22/h6-16,20H,4-5,17-19H2,1-3H3,(H,33,37). The van der Waals surface area contributed by atoms with Crippen LogP contribution in [0.15, 0.2) is 71.6 Å². The number of nitrogens with zero attached hydrogens (tertiary/aromatic N) is 2. The van der Waals surface area contributed by atoms with Crippen molar-refractivity contribution in [3.05, 3.63) is 87.4 Å². The molecule has 41 heavy (non-hydrogen) atoms. The van der Waals surface area contributed by atoms with Crippen molar-refractivity contribution in [2.24, 2.45) is 0 Å². The molecule has 2 amide bonds. The predicted octanol–water partition coefficient (Wildman–Crippen LogP) is 6.18. The summed E-state index contributed by atoms with van der Waals surface area (Å²) < 4.78 is 34.7. The van der Waals surface area contributed by atoms with Crippen LogP contribution in [-0.4, -0.2) is 50.9 Å². The number of anilines is 1. The van der Waals surface area contributed by atoms with Gasteiger partial charge in [-0.25, -0.2) is 8.42 Å². The second-order valence-electron chi connectivity index (χ2n) is 9.06. The molecule has 0 saturated carbocycles. The number of rotatable bonds is 13. The Labute approximate surface area is 256 Å². The third-order valence-electron chi connectivity index (χ3n) is 6.22. The number of carbonyl (C=O) groups is 2. The molecule has 1 atom stereocenters. The summed E-state index contributed by atoms with van der Waals surface area (Å²) >= 11 is 18.8. The topological polar surface area (TPSA) is 96.0 Å². The summed E-state index contributed by atoms with van der Waals surface area (Å²) in [5.41, 5.74) is 0.595. The van der Waals surface area contributed by atoms with E-state index in [0.717, 1.165) is 4.31 Å². The Kier molecular flexibility index (Phi) is 11.7. The van der Waals surface area contributed by atoms with Crippen LogP contribution in [0, 0.1) is 0 Å². The van der Waals surface area contributed by atoms with E-state index in [2.05, 4.69) is 5.32 Å². The normalized spacial score (nSPS) is 12.0. The van der Waals surface area contributed by atoms with Crippen LogP contribution in [0.2, 0.25) is 15.1 Å². The van der Waals surface area contributed by atoms with E-state index in [1.807, 2.05) is 6.92 Å². The van der Waals surface area contributed by atoms with E-state index >= 15 is 0 Å². The van der Waals surface area contributed by atoms with Gasteiger partial charge in [0.25, 0.3) is 10.0 Å². The van der Waals surface area contributed by atoms with Crippen LogP contribution < -0.4 is 14.4 Å². The molecular weight excluding hydrogens is 609 g/mol. The maximum Gasteiger partial charge on any atom is 0.264 e. The van der Waals surface area contributed by atoms with Crippen molar-refractivity contribution < 1.29 is 22.7 Å². The highest BCUT2D eigenvalue weighted by Crippen LogP contribution is 2.33. The number of para-hydroxylation sites is 2. The smallest absolute Gasteiger partial charge is 0.264 e. The van der Waals surface area contributed by atoms with Gasteiger partial charge >= 0.3 is 0 Å². The number of amides is 2. The number of hydrogen-bond donors (Lipinski definition) is 1. The minimum Gasteiger partial charge on any atom is -0.492 e. The van der Waals surface area contributed by atoms with Crippen LogP contribution in [0.5, 0.6) is 5.75 Å². The van der Waals surface area contributed by atoms with Gasteiger partial charge in [0, 0.05) is 33.7 Å². The summed E-state index contributed by atoms with van der Waals surface area (Å²) in [5, 5.41) is 3.77. The fourth-order valence-electron chi connectivity index (χ4n) is 4.02. The van der Waals surface area contributed by atoms with Crippen LogP contribution >= 0.6 is 34.8 Å². The minimum absolute atomic E-state index is 0.0737. The summed E-state index contributed by atoms with van der Waals surface area (Å²) in [5.74, 6) is -0.774. The first-order chi connectivity index (χ1) is 19.5. The highest BCUT2D eigenvalue weighted by atomic mass is 35.5. The molecule has 0 aliphatic carbocycles. The predicted molar refractivity (Wildman–Crippen MR) is 163 cm³/mol. The molecule has 0 saturated heterocycles. The van der Waals surface area contributed by atoms with Gasteiger partial charge in [-0.15, -0.1) is 0 Å². The zero-order valence-corrected chi connectivity index (χ0v) is 26.0. The molecule has 0 bridgehead atoms. The van der Waals surface area contributed by atoms with Crippen molar-refractivity contribution in [2.75, 3.05) is 24.0 Å². The van der Waals surface area contributed by atoms with Gasteiger partial charge in [-0.2, -0.15) is 0 Å². The lowest BCUT2D eigenvalue weighted by molar-refractivity contribution is -0.139. The van der Waals surface area contributed by atoms with Crippen LogP contribution in [0.4, 0.5) is 5.69 Å². The first-order valence-electron chi connectivity index (χ1n) is 13.0. The van der Waals surface area contributed by atoms with Crippen molar-refractivity contribution in [1.29, 1.82) is 0 Å². The third kappa shape index (κ3) is 8.07. The number of hydrogen-bond acceptors (Lipinski definition) is 5. The Morgan fingerprint density at radius 2 is 1.56 bits per heavy atom. The van der Waals surface area contributed by atoms with Crippen LogP contribution in [0.1, 0.15) is 32.8 Å². The molecule has 3 aromatic carbocycles. The lowest BCUT2D eigenvalue weighted by atomic mass is 10.1. The van der Waals surface area contributed by atoms with Crippen molar-refractivity contribution in [2.45, 2.75) is 44.7 Å². The zero-order valence-electron chi connectivity index (χ0n) is 22.9. The molecular formula is C29H32Cl3N3O5S. The summed E-state index contributed by atoms with van der Waals surface area (Å²) in [6, 6.07) is 16.1. The maximum atomic E-state index is 14.1. The Morgan fingerprint density at radius 3 is 2.17 bits per heavy atom. The van der Waals surface area contributed by atoms with E-state index < -0.39 is 34.4 Å². The molecule has 0 aliphatic rings. The van der Waals surface area contributed by atoms with Gasteiger partial charge in [-0.1, -0.05) is 59.9 Å². The molecule has 0 aliphatic heterocycles. The number of sulfonamides is 1. The summed E-state index contributed by atoms with van der Waals surface area (Å²) in [7, 11) is -4.30.